The Kier molecular flexibility index (Phi) is 4.23. The summed E-state index contributed by atoms with van der Waals surface area (Å²) in [5, 5.41) is 7.01. The summed E-state index contributed by atoms with van der Waals surface area (Å²) in [5.41, 5.74) is 1.66. The summed E-state index contributed by atoms with van der Waals surface area (Å²) in [5.74, 6) is 0.0142. The number of carbonyl (C=O) groups excluding carboxylic acids is 2. The number of esters is 1. The first-order valence-corrected chi connectivity index (χ1v) is 8.43. The molecule has 1 heterocycles. The fraction of sp³-hybridized carbons (Fsp3) is 0.150. The number of hydrogen-bond donors (Lipinski definition) is 1. The second-order valence-corrected chi connectivity index (χ2v) is 6.15. The summed E-state index contributed by atoms with van der Waals surface area (Å²) in [7, 11) is 0. The van der Waals surface area contributed by atoms with Gasteiger partial charge in [0.1, 0.15) is 5.75 Å². The largest absolute Gasteiger partial charge is 0.423 e. The first-order valence-electron chi connectivity index (χ1n) is 8.43. The van der Waals surface area contributed by atoms with Crippen LogP contribution in [0.2, 0.25) is 0 Å². The van der Waals surface area contributed by atoms with Crippen molar-refractivity contribution in [3.8, 4) is 11.4 Å². The van der Waals surface area contributed by atoms with Gasteiger partial charge in [0.2, 0.25) is 5.91 Å². The van der Waals surface area contributed by atoms with Gasteiger partial charge >= 0.3 is 5.97 Å². The minimum absolute atomic E-state index is 0.0116. The predicted octanol–water partition coefficient (Wildman–Crippen LogP) is 3.44. The smallest absolute Gasteiger partial charge is 0.345 e. The molecule has 26 heavy (non-hydrogen) atoms. The summed E-state index contributed by atoms with van der Waals surface area (Å²) < 4.78 is 7.12. The molecule has 1 aliphatic carbocycles. The van der Waals surface area contributed by atoms with E-state index >= 15 is 0 Å². The molecule has 6 nitrogen and oxygen atoms in total. The van der Waals surface area contributed by atoms with E-state index in [2.05, 4.69) is 10.4 Å². The zero-order valence-corrected chi connectivity index (χ0v) is 14.0. The molecule has 0 atom stereocenters. The molecule has 1 saturated carbocycles. The van der Waals surface area contributed by atoms with E-state index in [0.717, 1.165) is 12.8 Å². The second-order valence-electron chi connectivity index (χ2n) is 6.15. The van der Waals surface area contributed by atoms with Crippen LogP contribution < -0.4 is 10.1 Å². The van der Waals surface area contributed by atoms with E-state index in [1.807, 2.05) is 6.07 Å². The van der Waals surface area contributed by atoms with Crippen LogP contribution in [0.5, 0.6) is 5.75 Å². The summed E-state index contributed by atoms with van der Waals surface area (Å²) in [6.07, 6.45) is 5.28. The van der Waals surface area contributed by atoms with E-state index in [4.69, 9.17) is 4.74 Å². The highest BCUT2D eigenvalue weighted by molar-refractivity contribution is 5.96. The number of para-hydroxylation sites is 1. The highest BCUT2D eigenvalue weighted by Gasteiger charge is 2.29. The summed E-state index contributed by atoms with van der Waals surface area (Å²) in [4.78, 5) is 24.5. The van der Waals surface area contributed by atoms with Crippen LogP contribution in [-0.4, -0.2) is 21.7 Å². The van der Waals surface area contributed by atoms with E-state index in [1.54, 1.807) is 65.6 Å². The molecule has 130 valence electrons. The van der Waals surface area contributed by atoms with Gasteiger partial charge in [-0.25, -0.2) is 9.48 Å². The molecule has 1 aliphatic rings. The number of amides is 1. The molecule has 0 saturated heterocycles. The molecule has 0 spiro atoms. The second kappa shape index (κ2) is 6.84. The van der Waals surface area contributed by atoms with Crippen LogP contribution in [0.15, 0.2) is 67.0 Å². The van der Waals surface area contributed by atoms with Gasteiger partial charge in [0.15, 0.2) is 0 Å². The molecule has 0 bridgehead atoms. The summed E-state index contributed by atoms with van der Waals surface area (Å²) in [6.45, 7) is 0. The minimum Gasteiger partial charge on any atom is -0.423 e. The van der Waals surface area contributed by atoms with Gasteiger partial charge in [0.05, 0.1) is 11.3 Å². The van der Waals surface area contributed by atoms with E-state index in [1.165, 1.54) is 0 Å². The predicted molar refractivity (Wildman–Crippen MR) is 96.3 cm³/mol. The molecule has 2 aromatic carbocycles. The van der Waals surface area contributed by atoms with Crippen LogP contribution in [0.4, 0.5) is 5.69 Å². The summed E-state index contributed by atoms with van der Waals surface area (Å²) >= 11 is 0. The standard InChI is InChI=1S/C20H17N3O3/c24-19(14-9-10-14)22-15-5-3-6-16(13-15)26-20(25)17-7-1-2-8-18(17)23-12-4-11-21-23/h1-8,11-14H,9-10H2,(H,22,24). The number of hydrogen-bond acceptors (Lipinski definition) is 4. The fourth-order valence-corrected chi connectivity index (χ4v) is 2.65. The molecule has 4 rings (SSSR count). The Balaban J connectivity index is 1.53. The lowest BCUT2D eigenvalue weighted by atomic mass is 10.2. The van der Waals surface area contributed by atoms with Crippen molar-refractivity contribution in [1.29, 1.82) is 0 Å². The Morgan fingerprint density at radius 2 is 1.92 bits per heavy atom. The molecule has 1 aromatic heterocycles. The van der Waals surface area contributed by atoms with Gasteiger partial charge in [-0.3, -0.25) is 4.79 Å². The molecule has 1 amide bonds. The van der Waals surface area contributed by atoms with Crippen molar-refractivity contribution >= 4 is 17.6 Å². The average molecular weight is 347 g/mol. The van der Waals surface area contributed by atoms with Gasteiger partial charge in [-0.1, -0.05) is 18.2 Å². The van der Waals surface area contributed by atoms with Crippen LogP contribution in [0.25, 0.3) is 5.69 Å². The lowest BCUT2D eigenvalue weighted by Crippen LogP contribution is -2.14. The van der Waals surface area contributed by atoms with Crippen molar-refractivity contribution in [2.75, 3.05) is 5.32 Å². The molecular weight excluding hydrogens is 330 g/mol. The van der Waals surface area contributed by atoms with E-state index in [9.17, 15) is 9.59 Å². The number of nitrogens with zero attached hydrogens (tertiary/aromatic N) is 2. The fourth-order valence-electron chi connectivity index (χ4n) is 2.65. The number of ether oxygens (including phenoxy) is 1. The molecule has 6 heteroatoms. The third kappa shape index (κ3) is 3.49. The van der Waals surface area contributed by atoms with Crippen LogP contribution in [-0.2, 0) is 4.79 Å². The third-order valence-electron chi connectivity index (χ3n) is 4.14. The Hall–Kier alpha value is -3.41. The molecule has 0 aliphatic heterocycles. The lowest BCUT2D eigenvalue weighted by molar-refractivity contribution is -0.117. The Morgan fingerprint density at radius 1 is 1.08 bits per heavy atom. The maximum atomic E-state index is 12.6. The molecular formula is C20H17N3O3. The highest BCUT2D eigenvalue weighted by Crippen LogP contribution is 2.30. The monoisotopic (exact) mass is 347 g/mol. The maximum absolute atomic E-state index is 12.6. The van der Waals surface area contributed by atoms with Crippen molar-refractivity contribution in [3.05, 3.63) is 72.6 Å². The van der Waals surface area contributed by atoms with Gasteiger partial charge in [-0.15, -0.1) is 0 Å². The number of benzene rings is 2. The van der Waals surface area contributed by atoms with Crippen molar-refractivity contribution < 1.29 is 14.3 Å². The molecule has 1 fully saturated rings. The first kappa shape index (κ1) is 16.1. The van der Waals surface area contributed by atoms with Gasteiger partial charge in [-0.2, -0.15) is 5.10 Å². The first-order chi connectivity index (χ1) is 12.7. The summed E-state index contributed by atoms with van der Waals surface area (Å²) in [6, 6.07) is 15.7. The topological polar surface area (TPSA) is 73.2 Å². The molecule has 1 N–H and O–H groups in total. The molecule has 0 unspecified atom stereocenters. The zero-order chi connectivity index (χ0) is 17.9. The number of carbonyl (C=O) groups is 2. The van der Waals surface area contributed by atoms with Gasteiger partial charge in [0.25, 0.3) is 0 Å². The van der Waals surface area contributed by atoms with Crippen LogP contribution in [0, 0.1) is 5.92 Å². The van der Waals surface area contributed by atoms with Gasteiger partial charge in [-0.05, 0) is 43.2 Å². The van der Waals surface area contributed by atoms with E-state index < -0.39 is 5.97 Å². The molecule has 0 radical (unpaired) electrons. The number of anilines is 1. The zero-order valence-electron chi connectivity index (χ0n) is 14.0. The third-order valence-corrected chi connectivity index (χ3v) is 4.14. The quantitative estimate of drug-likeness (QED) is 0.567. The van der Waals surface area contributed by atoms with Crippen molar-refractivity contribution in [2.24, 2.45) is 5.92 Å². The SMILES string of the molecule is O=C(Oc1cccc(NC(=O)C2CC2)c1)c1ccccc1-n1cccn1. The van der Waals surface area contributed by atoms with Crippen molar-refractivity contribution in [1.82, 2.24) is 9.78 Å². The van der Waals surface area contributed by atoms with Crippen molar-refractivity contribution in [2.45, 2.75) is 12.8 Å². The Labute approximate surface area is 150 Å². The Bertz CT molecular complexity index is 946. The number of aromatic nitrogens is 2. The Morgan fingerprint density at radius 3 is 2.69 bits per heavy atom. The van der Waals surface area contributed by atoms with E-state index in [0.29, 0.717) is 22.7 Å². The van der Waals surface area contributed by atoms with E-state index in [-0.39, 0.29) is 11.8 Å². The van der Waals surface area contributed by atoms with Crippen LogP contribution in [0.1, 0.15) is 23.2 Å². The van der Waals surface area contributed by atoms with Crippen molar-refractivity contribution in [3.63, 3.8) is 0 Å². The molecule has 3 aromatic rings. The number of rotatable bonds is 5. The van der Waals surface area contributed by atoms with Gasteiger partial charge < -0.3 is 10.1 Å². The number of nitrogens with one attached hydrogen (secondary N) is 1. The highest BCUT2D eigenvalue weighted by atomic mass is 16.5. The minimum atomic E-state index is -0.484. The van der Waals surface area contributed by atoms with Crippen LogP contribution >= 0.6 is 0 Å². The average Bonchev–Trinajstić information content (AvgIpc) is 3.37. The lowest BCUT2D eigenvalue weighted by Gasteiger charge is -2.10. The maximum Gasteiger partial charge on any atom is 0.345 e. The van der Waals surface area contributed by atoms with Crippen LogP contribution in [0.3, 0.4) is 0 Å². The normalized spacial score (nSPS) is 13.2. The van der Waals surface area contributed by atoms with Gasteiger partial charge in [0, 0.05) is 30.1 Å².